The normalized spacial score (nSPS) is 13.1. The zero-order valence-corrected chi connectivity index (χ0v) is 24.8. The van der Waals surface area contributed by atoms with Gasteiger partial charge < -0.3 is 13.8 Å². The number of rotatable bonds is 1. The van der Waals surface area contributed by atoms with Crippen LogP contribution in [-0.2, 0) is 0 Å². The molecule has 0 spiro atoms. The van der Waals surface area contributed by atoms with Crippen molar-refractivity contribution in [1.82, 2.24) is 4.57 Å². The minimum Gasteiger partial charge on any atom is -0.456 e. The number of benzene rings is 7. The van der Waals surface area contributed by atoms with Gasteiger partial charge in [0.2, 0.25) is 0 Å². The van der Waals surface area contributed by atoms with Crippen LogP contribution < -0.4 is 15.7 Å². The lowest BCUT2D eigenvalue weighted by atomic mass is 9.43. The van der Waals surface area contributed by atoms with Crippen LogP contribution in [-0.4, -0.2) is 11.4 Å². The van der Waals surface area contributed by atoms with Gasteiger partial charge in [0.25, 0.3) is 0 Å². The van der Waals surface area contributed by atoms with Gasteiger partial charge in [-0.05, 0) is 64.5 Å². The van der Waals surface area contributed by atoms with E-state index >= 15 is 0 Å². The van der Waals surface area contributed by atoms with E-state index in [1.165, 1.54) is 60.8 Å². The highest BCUT2D eigenvalue weighted by Crippen LogP contribution is 2.48. The molecule has 0 saturated carbocycles. The summed E-state index contributed by atoms with van der Waals surface area (Å²) < 4.78 is 9.11. The first-order chi connectivity index (χ1) is 22.8. The summed E-state index contributed by atoms with van der Waals surface area (Å²) in [5.41, 5.74) is 15.5. The molecule has 7 aromatic carbocycles. The molecule has 2 aliphatic rings. The van der Waals surface area contributed by atoms with E-state index in [0.717, 1.165) is 33.1 Å². The van der Waals surface area contributed by atoms with Crippen LogP contribution in [0.5, 0.6) is 0 Å². The number of nitrogens with zero attached hydrogens (tertiary/aromatic N) is 2. The van der Waals surface area contributed by atoms with E-state index in [2.05, 4.69) is 161 Å². The quantitative estimate of drug-likeness (QED) is 0.179. The average molecular weight is 584 g/mol. The van der Waals surface area contributed by atoms with Crippen molar-refractivity contribution in [1.29, 1.82) is 0 Å². The van der Waals surface area contributed by atoms with Crippen molar-refractivity contribution in [3.8, 4) is 27.9 Å². The second-order valence-electron chi connectivity index (χ2n) is 12.5. The molecule has 0 bridgehead atoms. The molecule has 0 aliphatic carbocycles. The molecule has 0 N–H and O–H groups in total. The maximum absolute atomic E-state index is 6.76. The fourth-order valence-corrected chi connectivity index (χ4v) is 8.27. The molecule has 0 saturated heterocycles. The Hall–Kier alpha value is -6.00. The van der Waals surface area contributed by atoms with Crippen LogP contribution in [0.3, 0.4) is 0 Å². The maximum Gasteiger partial charge on any atom is 0.329 e. The standard InChI is InChI=1S/C42H25BN2O/c1-2-12-26(13-3-1)44-37-20-10-6-17-30(37)31-22-33-34-23-40-32(24-41(34)46-42(33)25-39(31)44)28-15-5-9-19-36(28)43-35-18-8-4-14-27(35)29-16-7-11-21-38(29)45(40)43/h1-25H. The lowest BCUT2D eigenvalue weighted by molar-refractivity contribution is 0.669. The zero-order valence-electron chi connectivity index (χ0n) is 24.8. The van der Waals surface area contributed by atoms with E-state index in [-0.39, 0.29) is 6.85 Å². The summed E-state index contributed by atoms with van der Waals surface area (Å²) in [6, 6.07) is 55.2. The molecule has 0 radical (unpaired) electrons. The van der Waals surface area contributed by atoms with E-state index in [1.807, 2.05) is 0 Å². The third-order valence-corrected chi connectivity index (χ3v) is 10.2. The average Bonchev–Trinajstić information content (AvgIpc) is 3.64. The van der Waals surface area contributed by atoms with E-state index in [9.17, 15) is 0 Å². The van der Waals surface area contributed by atoms with Crippen molar-refractivity contribution in [2.75, 3.05) is 4.81 Å². The van der Waals surface area contributed by atoms with Crippen molar-refractivity contribution in [3.05, 3.63) is 152 Å². The summed E-state index contributed by atoms with van der Waals surface area (Å²) in [6.07, 6.45) is 0. The Bertz CT molecular complexity index is 2720. The highest BCUT2D eigenvalue weighted by atomic mass is 16.3. The predicted octanol–water partition coefficient (Wildman–Crippen LogP) is 9.59. The molecule has 0 amide bonds. The summed E-state index contributed by atoms with van der Waals surface area (Å²) >= 11 is 0. The second-order valence-corrected chi connectivity index (χ2v) is 12.5. The van der Waals surface area contributed by atoms with Crippen molar-refractivity contribution < 1.29 is 4.42 Å². The van der Waals surface area contributed by atoms with Gasteiger partial charge in [-0.1, -0.05) is 103 Å². The molecule has 11 rings (SSSR count). The van der Waals surface area contributed by atoms with Crippen molar-refractivity contribution >= 4 is 72.9 Å². The fourth-order valence-electron chi connectivity index (χ4n) is 8.27. The molecule has 9 aromatic rings. The molecule has 2 aliphatic heterocycles. The summed E-state index contributed by atoms with van der Waals surface area (Å²) in [7, 11) is 0. The number of para-hydroxylation sites is 3. The van der Waals surface area contributed by atoms with Crippen LogP contribution in [0.25, 0.3) is 71.7 Å². The minimum atomic E-state index is 0.0842. The molecule has 2 aromatic heterocycles. The molecule has 0 fully saturated rings. The highest BCUT2D eigenvalue weighted by molar-refractivity contribution is 6.92. The molecular weight excluding hydrogens is 559 g/mol. The number of fused-ring (bicyclic) bond motifs is 17. The number of hydrogen-bond donors (Lipinski definition) is 0. The Kier molecular flexibility index (Phi) is 4.66. The third-order valence-electron chi connectivity index (χ3n) is 10.2. The van der Waals surface area contributed by atoms with Crippen LogP contribution in [0.15, 0.2) is 156 Å². The zero-order chi connectivity index (χ0) is 29.9. The smallest absolute Gasteiger partial charge is 0.329 e. The number of aromatic nitrogens is 1. The lowest BCUT2D eigenvalue weighted by Crippen LogP contribution is -2.59. The molecule has 0 atom stereocenters. The van der Waals surface area contributed by atoms with Crippen molar-refractivity contribution in [2.24, 2.45) is 0 Å². The topological polar surface area (TPSA) is 21.3 Å². The number of hydrogen-bond acceptors (Lipinski definition) is 2. The molecular formula is C42H25BN2O. The maximum atomic E-state index is 6.76. The second kappa shape index (κ2) is 8.80. The third kappa shape index (κ3) is 3.08. The van der Waals surface area contributed by atoms with Crippen LogP contribution in [0.4, 0.5) is 11.4 Å². The lowest BCUT2D eigenvalue weighted by Gasteiger charge is -2.43. The first-order valence-corrected chi connectivity index (χ1v) is 15.9. The van der Waals surface area contributed by atoms with Crippen LogP contribution in [0.1, 0.15) is 0 Å². The number of anilines is 2. The number of furan rings is 1. The fraction of sp³-hybridized carbons (Fsp3) is 0. The van der Waals surface area contributed by atoms with Gasteiger partial charge >= 0.3 is 6.85 Å². The summed E-state index contributed by atoms with van der Waals surface area (Å²) in [5, 5.41) is 4.75. The molecule has 4 heteroatoms. The molecule has 4 heterocycles. The molecule has 3 nitrogen and oxygen atoms in total. The minimum absolute atomic E-state index is 0.0842. The Morgan fingerprint density at radius 1 is 0.413 bits per heavy atom. The van der Waals surface area contributed by atoms with E-state index in [1.54, 1.807) is 0 Å². The summed E-state index contributed by atoms with van der Waals surface area (Å²) in [5.74, 6) is 0. The van der Waals surface area contributed by atoms with Crippen LogP contribution in [0, 0.1) is 0 Å². The Morgan fingerprint density at radius 2 is 1.04 bits per heavy atom. The Labute approximate surface area is 265 Å². The van der Waals surface area contributed by atoms with E-state index in [4.69, 9.17) is 4.42 Å². The summed E-state index contributed by atoms with van der Waals surface area (Å²) in [6.45, 7) is 0.0842. The van der Waals surface area contributed by atoms with Gasteiger partial charge in [0.05, 0.1) is 11.0 Å². The van der Waals surface area contributed by atoms with Gasteiger partial charge in [0, 0.05) is 55.8 Å². The van der Waals surface area contributed by atoms with Gasteiger partial charge in [-0.15, -0.1) is 0 Å². The van der Waals surface area contributed by atoms with Crippen molar-refractivity contribution in [2.45, 2.75) is 0 Å². The van der Waals surface area contributed by atoms with Gasteiger partial charge in [-0.25, -0.2) is 0 Å². The highest BCUT2D eigenvalue weighted by Gasteiger charge is 2.42. The summed E-state index contributed by atoms with van der Waals surface area (Å²) in [4.78, 5) is 2.56. The Balaban J connectivity index is 1.23. The molecule has 46 heavy (non-hydrogen) atoms. The Morgan fingerprint density at radius 3 is 1.87 bits per heavy atom. The van der Waals surface area contributed by atoms with Gasteiger partial charge in [-0.2, -0.15) is 0 Å². The van der Waals surface area contributed by atoms with Crippen molar-refractivity contribution in [3.63, 3.8) is 0 Å². The predicted molar refractivity (Wildman–Crippen MR) is 193 cm³/mol. The van der Waals surface area contributed by atoms with E-state index in [0.29, 0.717) is 0 Å². The van der Waals surface area contributed by atoms with Crippen LogP contribution in [0.2, 0.25) is 0 Å². The van der Waals surface area contributed by atoms with E-state index < -0.39 is 0 Å². The van der Waals surface area contributed by atoms with Gasteiger partial charge in [0.15, 0.2) is 0 Å². The first-order valence-electron chi connectivity index (χ1n) is 15.9. The molecule has 212 valence electrons. The molecule has 0 unspecified atom stereocenters. The SMILES string of the molecule is c1ccc(-n2c3ccccc3c3cc4c(cc32)oc2cc3c(cc24)N2B(c4ccccc4-c4ccccc42)c2ccccc2-3)cc1. The monoisotopic (exact) mass is 584 g/mol. The first kappa shape index (κ1) is 24.3. The van der Waals surface area contributed by atoms with Crippen LogP contribution >= 0.6 is 0 Å². The largest absolute Gasteiger partial charge is 0.456 e. The van der Waals surface area contributed by atoms with Gasteiger partial charge in [0.1, 0.15) is 11.2 Å². The van der Waals surface area contributed by atoms with Gasteiger partial charge in [-0.3, -0.25) is 0 Å².